The third-order valence-corrected chi connectivity index (χ3v) is 5.28. The lowest BCUT2D eigenvalue weighted by Gasteiger charge is -2.08. The maximum atomic E-state index is 10.7. The number of rotatable bonds is 6. The number of phenolic OH excluding ortho intramolecular Hbond substituents is 1. The summed E-state index contributed by atoms with van der Waals surface area (Å²) >= 11 is 1.03. The molecule has 0 aliphatic carbocycles. The van der Waals surface area contributed by atoms with Crippen LogP contribution < -0.4 is 4.74 Å². The summed E-state index contributed by atoms with van der Waals surface area (Å²) in [5.41, 5.74) is 2.39. The molecule has 4 rings (SSSR count). The number of aromatic amines is 1. The summed E-state index contributed by atoms with van der Waals surface area (Å²) < 4.78 is 5.27. The molecule has 1 heterocycles. The molecule has 0 saturated heterocycles. The van der Waals surface area contributed by atoms with Crippen LogP contribution >= 0.6 is 11.8 Å². The molecule has 3 N–H and O–H groups in total. The van der Waals surface area contributed by atoms with Crippen molar-refractivity contribution in [1.29, 1.82) is 0 Å². The number of H-pyrrole nitrogens is 1. The van der Waals surface area contributed by atoms with Gasteiger partial charge >= 0.3 is 5.97 Å². The molecule has 1 aromatic heterocycles. The number of hydrogen-bond acceptors (Lipinski definition) is 6. The van der Waals surface area contributed by atoms with Crippen LogP contribution in [0.25, 0.3) is 33.3 Å². The Morgan fingerprint density at radius 2 is 1.76 bits per heavy atom. The topological polar surface area (TPSA) is 108 Å². The highest BCUT2D eigenvalue weighted by atomic mass is 32.2. The van der Waals surface area contributed by atoms with Crippen LogP contribution in [0, 0.1) is 0 Å². The molecular weight excluding hydrogens is 390 g/mol. The first-order valence-corrected chi connectivity index (χ1v) is 9.71. The Kier molecular flexibility index (Phi) is 5.09. The second kappa shape index (κ2) is 7.84. The van der Waals surface area contributed by atoms with Gasteiger partial charge in [-0.15, -0.1) is 10.2 Å². The van der Waals surface area contributed by atoms with E-state index in [1.165, 1.54) is 0 Å². The molecule has 0 atom stereocenters. The Labute approximate surface area is 170 Å². The number of ether oxygens (including phenoxy) is 1. The third kappa shape index (κ3) is 4.02. The quantitative estimate of drug-likeness (QED) is 0.411. The number of thioether (sulfide) groups is 1. The van der Waals surface area contributed by atoms with Crippen molar-refractivity contribution < 1.29 is 19.7 Å². The molecule has 7 nitrogen and oxygen atoms in total. The molecule has 0 saturated carbocycles. The predicted octanol–water partition coefficient (Wildman–Crippen LogP) is 4.18. The molecule has 0 aliphatic rings. The van der Waals surface area contributed by atoms with E-state index < -0.39 is 5.97 Å². The van der Waals surface area contributed by atoms with E-state index in [0.29, 0.717) is 16.5 Å². The number of aromatic hydroxyl groups is 1. The molecule has 0 aliphatic heterocycles. The summed E-state index contributed by atoms with van der Waals surface area (Å²) in [7, 11) is 1.64. The Hall–Kier alpha value is -3.52. The summed E-state index contributed by atoms with van der Waals surface area (Å²) in [5.74, 6) is 0.182. The summed E-state index contributed by atoms with van der Waals surface area (Å²) in [6.45, 7) is 0. The molecule has 4 aromatic rings. The van der Waals surface area contributed by atoms with E-state index in [1.54, 1.807) is 13.2 Å². The van der Waals surface area contributed by atoms with Crippen LogP contribution in [-0.4, -0.2) is 44.2 Å². The Morgan fingerprint density at radius 3 is 2.55 bits per heavy atom. The van der Waals surface area contributed by atoms with Gasteiger partial charge in [0.15, 0.2) is 11.0 Å². The minimum absolute atomic E-state index is 0.0604. The van der Waals surface area contributed by atoms with E-state index in [4.69, 9.17) is 9.84 Å². The van der Waals surface area contributed by atoms with Gasteiger partial charge in [0.05, 0.1) is 18.4 Å². The number of aliphatic carboxylic acids is 1. The fraction of sp³-hybridized carbons (Fsp3) is 0.0952. The molecule has 8 heteroatoms. The second-order valence-electron chi connectivity index (χ2n) is 6.32. The van der Waals surface area contributed by atoms with Crippen molar-refractivity contribution in [3.05, 3.63) is 54.6 Å². The first-order valence-electron chi connectivity index (χ1n) is 8.72. The largest absolute Gasteiger partial charge is 0.507 e. The fourth-order valence-corrected chi connectivity index (χ4v) is 3.53. The van der Waals surface area contributed by atoms with E-state index in [-0.39, 0.29) is 11.5 Å². The van der Waals surface area contributed by atoms with E-state index >= 15 is 0 Å². The van der Waals surface area contributed by atoms with Gasteiger partial charge in [0, 0.05) is 0 Å². The lowest BCUT2D eigenvalue weighted by Crippen LogP contribution is -1.97. The van der Waals surface area contributed by atoms with E-state index in [2.05, 4.69) is 21.2 Å². The molecule has 0 spiro atoms. The fourth-order valence-electron chi connectivity index (χ4n) is 3.00. The maximum absolute atomic E-state index is 10.7. The van der Waals surface area contributed by atoms with Crippen molar-refractivity contribution in [2.45, 2.75) is 5.16 Å². The van der Waals surface area contributed by atoms with Gasteiger partial charge in [-0.25, -0.2) is 0 Å². The molecule has 3 aromatic carbocycles. The van der Waals surface area contributed by atoms with Crippen molar-refractivity contribution in [2.24, 2.45) is 0 Å². The van der Waals surface area contributed by atoms with Gasteiger partial charge in [-0.1, -0.05) is 36.0 Å². The van der Waals surface area contributed by atoms with Gasteiger partial charge in [-0.2, -0.15) is 0 Å². The Bertz CT molecular complexity index is 1210. The van der Waals surface area contributed by atoms with Crippen LogP contribution in [-0.2, 0) is 4.79 Å². The molecule has 29 heavy (non-hydrogen) atoms. The first-order chi connectivity index (χ1) is 14.0. The van der Waals surface area contributed by atoms with Crippen LogP contribution in [0.1, 0.15) is 0 Å². The van der Waals surface area contributed by atoms with Gasteiger partial charge < -0.3 is 19.9 Å². The number of benzene rings is 3. The van der Waals surface area contributed by atoms with Crippen molar-refractivity contribution in [3.63, 3.8) is 0 Å². The summed E-state index contributed by atoms with van der Waals surface area (Å²) in [4.78, 5) is 13.7. The number of nitrogens with one attached hydrogen (secondary N) is 1. The molecule has 0 bridgehead atoms. The maximum Gasteiger partial charge on any atom is 0.313 e. The van der Waals surface area contributed by atoms with E-state index in [9.17, 15) is 9.90 Å². The number of carbonyl (C=O) groups is 1. The van der Waals surface area contributed by atoms with Crippen molar-refractivity contribution in [1.82, 2.24) is 15.2 Å². The summed E-state index contributed by atoms with van der Waals surface area (Å²) in [6.07, 6.45) is 0. The summed E-state index contributed by atoms with van der Waals surface area (Å²) in [5, 5.41) is 29.6. The normalized spacial score (nSPS) is 10.9. The number of nitrogens with zero attached hydrogens (tertiary/aromatic N) is 2. The Morgan fingerprint density at radius 1 is 1.03 bits per heavy atom. The number of methoxy groups -OCH3 is 1. The average molecular weight is 407 g/mol. The van der Waals surface area contributed by atoms with E-state index in [1.807, 2.05) is 42.5 Å². The average Bonchev–Trinajstić information content (AvgIpc) is 3.20. The SMILES string of the molecule is COc1ccc2cc(-c3ccc(O)c(-c4nnc(SCC(=O)O)[nH]4)c3)ccc2c1. The highest BCUT2D eigenvalue weighted by Gasteiger charge is 2.13. The van der Waals surface area contributed by atoms with Gasteiger partial charge in [0.2, 0.25) is 0 Å². The highest BCUT2D eigenvalue weighted by Crippen LogP contribution is 2.34. The Balaban J connectivity index is 1.68. The van der Waals surface area contributed by atoms with Crippen molar-refractivity contribution >= 4 is 28.5 Å². The zero-order chi connectivity index (χ0) is 20.4. The number of phenols is 1. The molecule has 0 amide bonds. The number of fused-ring (bicyclic) bond motifs is 1. The second-order valence-corrected chi connectivity index (χ2v) is 7.29. The number of carboxylic acids is 1. The third-order valence-electron chi connectivity index (χ3n) is 4.43. The van der Waals surface area contributed by atoms with Gasteiger partial charge in [-0.3, -0.25) is 4.79 Å². The standard InChI is InChI=1S/C21H17N3O4S/c1-28-16-6-4-13-8-12(2-3-14(13)9-16)15-5-7-18(25)17(10-15)20-22-21(24-23-20)29-11-19(26)27/h2-10,25H,11H2,1H3,(H,26,27)(H,22,23,24). The monoisotopic (exact) mass is 407 g/mol. The smallest absolute Gasteiger partial charge is 0.313 e. The van der Waals surface area contributed by atoms with Gasteiger partial charge in [0.25, 0.3) is 0 Å². The van der Waals surface area contributed by atoms with Gasteiger partial charge in [0.1, 0.15) is 11.5 Å². The highest BCUT2D eigenvalue weighted by molar-refractivity contribution is 7.99. The lowest BCUT2D eigenvalue weighted by atomic mass is 9.99. The first kappa shape index (κ1) is 18.8. The molecule has 0 radical (unpaired) electrons. The minimum Gasteiger partial charge on any atom is -0.507 e. The van der Waals surface area contributed by atoms with Crippen LogP contribution in [0.5, 0.6) is 11.5 Å². The van der Waals surface area contributed by atoms with Crippen LogP contribution in [0.4, 0.5) is 0 Å². The van der Waals surface area contributed by atoms with Crippen LogP contribution in [0.3, 0.4) is 0 Å². The molecular formula is C21H17N3O4S. The molecule has 0 fully saturated rings. The minimum atomic E-state index is -0.938. The number of carboxylic acid groups (broad SMARTS) is 1. The number of hydrogen-bond donors (Lipinski definition) is 3. The number of aromatic nitrogens is 3. The van der Waals surface area contributed by atoms with Gasteiger partial charge in [-0.05, 0) is 52.2 Å². The lowest BCUT2D eigenvalue weighted by molar-refractivity contribution is -0.133. The molecule has 0 unspecified atom stereocenters. The zero-order valence-corrected chi connectivity index (χ0v) is 16.2. The predicted molar refractivity (Wildman–Crippen MR) is 111 cm³/mol. The van der Waals surface area contributed by atoms with E-state index in [0.717, 1.165) is 39.4 Å². The summed E-state index contributed by atoms with van der Waals surface area (Å²) in [6, 6.07) is 17.3. The van der Waals surface area contributed by atoms with Crippen LogP contribution in [0.2, 0.25) is 0 Å². The zero-order valence-electron chi connectivity index (χ0n) is 15.4. The van der Waals surface area contributed by atoms with Crippen molar-refractivity contribution in [3.8, 4) is 34.0 Å². The van der Waals surface area contributed by atoms with Crippen LogP contribution in [0.15, 0.2) is 59.8 Å². The molecule has 146 valence electrons. The van der Waals surface area contributed by atoms with Crippen molar-refractivity contribution in [2.75, 3.05) is 12.9 Å².